The molecule has 4 amide bonds. The summed E-state index contributed by atoms with van der Waals surface area (Å²) in [5.74, 6) is -1.07. The number of hydrogen-bond acceptors (Lipinski definition) is 10. The summed E-state index contributed by atoms with van der Waals surface area (Å²) >= 11 is 0. The molecule has 2 aromatic carbocycles. The van der Waals surface area contributed by atoms with E-state index in [1.165, 1.54) is 35.2 Å². The van der Waals surface area contributed by atoms with Crippen LogP contribution in [0.3, 0.4) is 0 Å². The summed E-state index contributed by atoms with van der Waals surface area (Å²) in [5.41, 5.74) is 13.3. The van der Waals surface area contributed by atoms with Crippen molar-refractivity contribution in [2.75, 3.05) is 60.1 Å². The zero-order valence-electron chi connectivity index (χ0n) is 28.2. The molecule has 3 aromatic rings. The van der Waals surface area contributed by atoms with E-state index < -0.39 is 36.3 Å². The van der Waals surface area contributed by atoms with Crippen LogP contribution in [0.15, 0.2) is 61.1 Å². The average Bonchev–Trinajstić information content (AvgIpc) is 3.63. The first-order chi connectivity index (χ1) is 23.7. The van der Waals surface area contributed by atoms with E-state index in [0.29, 0.717) is 43.0 Å². The Labute approximate surface area is 286 Å². The number of methoxy groups -OCH3 is 2. The van der Waals surface area contributed by atoms with Crippen LogP contribution in [0.25, 0.3) is 0 Å². The van der Waals surface area contributed by atoms with E-state index >= 15 is 0 Å². The van der Waals surface area contributed by atoms with Crippen LogP contribution in [0.2, 0.25) is 0 Å². The number of ether oxygens (including phenoxy) is 2. The number of hydrogen-bond donors (Lipinski definition) is 5. The Morgan fingerprint density at radius 3 is 2.24 bits per heavy atom. The van der Waals surface area contributed by atoms with Gasteiger partial charge in [0, 0.05) is 38.1 Å². The van der Waals surface area contributed by atoms with Gasteiger partial charge in [0.1, 0.15) is 12.6 Å². The summed E-state index contributed by atoms with van der Waals surface area (Å²) < 4.78 is 10.8. The van der Waals surface area contributed by atoms with Gasteiger partial charge in [0.2, 0.25) is 23.6 Å². The minimum atomic E-state index is -1.03. The molecule has 1 aromatic heterocycles. The van der Waals surface area contributed by atoms with Crippen molar-refractivity contribution in [2.45, 2.75) is 38.4 Å². The van der Waals surface area contributed by atoms with Crippen LogP contribution in [0.5, 0.6) is 11.5 Å². The molecule has 15 nitrogen and oxygen atoms in total. The van der Waals surface area contributed by atoms with Gasteiger partial charge in [-0.2, -0.15) is 0 Å². The van der Waals surface area contributed by atoms with Crippen molar-refractivity contribution in [1.82, 2.24) is 30.0 Å². The third-order valence-electron chi connectivity index (χ3n) is 7.81. The molecule has 0 aliphatic rings. The Kier molecular flexibility index (Phi) is 16.0. The van der Waals surface area contributed by atoms with Crippen LogP contribution < -0.4 is 26.3 Å². The zero-order chi connectivity index (χ0) is 35.6. The van der Waals surface area contributed by atoms with Gasteiger partial charge in [-0.3, -0.25) is 24.5 Å². The molecule has 49 heavy (non-hydrogen) atoms. The number of benzene rings is 2. The Bertz CT molecular complexity index is 1470. The quantitative estimate of drug-likeness (QED) is 0.0900. The molecular weight excluding hydrogens is 632 g/mol. The van der Waals surface area contributed by atoms with Gasteiger partial charge in [0.05, 0.1) is 40.2 Å². The van der Waals surface area contributed by atoms with Gasteiger partial charge in [-0.1, -0.05) is 36.4 Å². The van der Waals surface area contributed by atoms with Gasteiger partial charge >= 0.3 is 0 Å². The molecule has 7 N–H and O–H groups in total. The van der Waals surface area contributed by atoms with Crippen molar-refractivity contribution >= 4 is 23.6 Å². The number of carbonyl (C=O) groups excluding carboxylic acids is 4. The SMILES string of the molecule is COc1ccc(CCN(CC(=O)N(CC(=O)N(CCCCN)CC(N)=O)Cc2ccccc2)C(=O)[C@H](CO)NCc2cnc[nH]2)cc1OC. The number of primary amides is 1. The number of H-pyrrole nitrogens is 1. The van der Waals surface area contributed by atoms with E-state index in [4.69, 9.17) is 20.9 Å². The first kappa shape index (κ1) is 38.5. The molecule has 1 atom stereocenters. The minimum Gasteiger partial charge on any atom is -0.493 e. The van der Waals surface area contributed by atoms with E-state index in [0.717, 1.165) is 11.1 Å². The third kappa shape index (κ3) is 12.5. The number of nitrogens with two attached hydrogens (primary N) is 2. The maximum absolute atomic E-state index is 14.1. The molecule has 0 fully saturated rings. The smallest absolute Gasteiger partial charge is 0.242 e. The molecule has 0 saturated carbocycles. The standard InChI is InChI=1S/C34H48N8O7/c1-48-29-11-10-25(16-30(29)49-2)12-15-41(34(47)28(23-43)38-18-27-17-37-24-39-27)21-33(46)42(19-26-8-4-3-5-9-26)22-32(45)40(20-31(36)44)14-7-6-13-35/h3-5,8-11,16-17,24,28,38,43H,6-7,12-15,18-23,35H2,1-2H3,(H2,36,44)(H,37,39)/t28-/m0/s1. The van der Waals surface area contributed by atoms with E-state index in [-0.39, 0.29) is 45.8 Å². The number of unbranched alkanes of at least 4 members (excludes halogenated alkanes) is 1. The van der Waals surface area contributed by atoms with Gasteiger partial charge in [-0.25, -0.2) is 4.98 Å². The van der Waals surface area contributed by atoms with Gasteiger partial charge in [0.15, 0.2) is 11.5 Å². The lowest BCUT2D eigenvalue weighted by Crippen LogP contribution is -2.53. The molecular formula is C34H48N8O7. The van der Waals surface area contributed by atoms with Crippen LogP contribution >= 0.6 is 0 Å². The number of rotatable bonds is 22. The summed E-state index contributed by atoms with van der Waals surface area (Å²) in [4.78, 5) is 64.3. The van der Waals surface area contributed by atoms with E-state index in [1.54, 1.807) is 18.3 Å². The minimum absolute atomic E-state index is 0.0812. The Morgan fingerprint density at radius 2 is 1.61 bits per heavy atom. The average molecular weight is 681 g/mol. The van der Waals surface area contributed by atoms with Crippen molar-refractivity contribution < 1.29 is 33.8 Å². The zero-order valence-corrected chi connectivity index (χ0v) is 28.2. The number of aromatic nitrogens is 2. The van der Waals surface area contributed by atoms with Crippen molar-refractivity contribution in [3.8, 4) is 11.5 Å². The molecule has 3 rings (SSSR count). The second kappa shape index (κ2) is 20.4. The number of aromatic amines is 1. The number of amides is 4. The highest BCUT2D eigenvalue weighted by Gasteiger charge is 2.29. The fraction of sp³-hybridized carbons (Fsp3) is 0.441. The third-order valence-corrected chi connectivity index (χ3v) is 7.81. The van der Waals surface area contributed by atoms with Crippen molar-refractivity contribution in [1.29, 1.82) is 0 Å². The van der Waals surface area contributed by atoms with Gasteiger partial charge in [-0.05, 0) is 49.1 Å². The molecule has 0 aliphatic carbocycles. The predicted molar refractivity (Wildman–Crippen MR) is 182 cm³/mol. The van der Waals surface area contributed by atoms with E-state index in [9.17, 15) is 24.3 Å². The number of imidazole rings is 1. The first-order valence-corrected chi connectivity index (χ1v) is 16.1. The predicted octanol–water partition coefficient (Wildman–Crippen LogP) is 0.0303. The maximum atomic E-state index is 14.1. The normalized spacial score (nSPS) is 11.4. The number of nitrogens with one attached hydrogen (secondary N) is 2. The summed E-state index contributed by atoms with van der Waals surface area (Å²) in [6, 6.07) is 13.5. The maximum Gasteiger partial charge on any atom is 0.242 e. The topological polar surface area (TPSA) is 209 Å². The molecule has 0 spiro atoms. The highest BCUT2D eigenvalue weighted by Crippen LogP contribution is 2.27. The Morgan fingerprint density at radius 1 is 0.898 bits per heavy atom. The second-order valence-electron chi connectivity index (χ2n) is 11.4. The Hall–Kier alpha value is -4.99. The highest BCUT2D eigenvalue weighted by molar-refractivity contribution is 5.91. The number of aliphatic hydroxyl groups excluding tert-OH is 1. The fourth-order valence-corrected chi connectivity index (χ4v) is 5.12. The van der Waals surface area contributed by atoms with Crippen LogP contribution in [-0.4, -0.2) is 120 Å². The van der Waals surface area contributed by atoms with Crippen molar-refractivity contribution in [3.63, 3.8) is 0 Å². The fourth-order valence-electron chi connectivity index (χ4n) is 5.12. The van der Waals surface area contributed by atoms with Crippen LogP contribution in [0.1, 0.15) is 29.7 Å². The summed E-state index contributed by atoms with van der Waals surface area (Å²) in [5, 5.41) is 13.2. The molecule has 0 bridgehead atoms. The molecule has 1 heterocycles. The monoisotopic (exact) mass is 680 g/mol. The first-order valence-electron chi connectivity index (χ1n) is 16.1. The lowest BCUT2D eigenvalue weighted by molar-refractivity contribution is -0.146. The second-order valence-corrected chi connectivity index (χ2v) is 11.4. The molecule has 0 aliphatic heterocycles. The molecule has 0 radical (unpaired) electrons. The highest BCUT2D eigenvalue weighted by atomic mass is 16.5. The van der Waals surface area contributed by atoms with Crippen LogP contribution in [-0.2, 0) is 38.7 Å². The van der Waals surface area contributed by atoms with Crippen molar-refractivity contribution in [2.24, 2.45) is 11.5 Å². The molecule has 0 saturated heterocycles. The number of nitrogens with zero attached hydrogens (tertiary/aromatic N) is 4. The van der Waals surface area contributed by atoms with Crippen LogP contribution in [0, 0.1) is 0 Å². The summed E-state index contributed by atoms with van der Waals surface area (Å²) in [6.07, 6.45) is 4.66. The van der Waals surface area contributed by atoms with Gasteiger partial charge in [-0.15, -0.1) is 0 Å². The number of aliphatic hydroxyl groups is 1. The van der Waals surface area contributed by atoms with Crippen LogP contribution in [0.4, 0.5) is 0 Å². The molecule has 266 valence electrons. The lowest BCUT2D eigenvalue weighted by Gasteiger charge is -2.31. The van der Waals surface area contributed by atoms with E-state index in [1.807, 2.05) is 36.4 Å². The molecule has 0 unspecified atom stereocenters. The largest absolute Gasteiger partial charge is 0.493 e. The Balaban J connectivity index is 1.88. The van der Waals surface area contributed by atoms with Gasteiger partial charge < -0.3 is 45.7 Å². The van der Waals surface area contributed by atoms with Crippen molar-refractivity contribution in [3.05, 3.63) is 77.9 Å². The van der Waals surface area contributed by atoms with Gasteiger partial charge in [0.25, 0.3) is 0 Å². The summed E-state index contributed by atoms with van der Waals surface area (Å²) in [6.45, 7) is -0.445. The summed E-state index contributed by atoms with van der Waals surface area (Å²) in [7, 11) is 3.06. The number of carbonyl (C=O) groups is 4. The lowest BCUT2D eigenvalue weighted by atomic mass is 10.1. The van der Waals surface area contributed by atoms with E-state index in [2.05, 4.69) is 15.3 Å². The molecule has 15 heteroatoms.